The number of aryl methyl sites for hydroxylation is 1. The van der Waals surface area contributed by atoms with Crippen LogP contribution in [0.25, 0.3) is 21.5 Å². The molecule has 0 fully saturated rings. The maximum Gasteiger partial charge on any atom is 0.305 e. The van der Waals surface area contributed by atoms with Crippen LogP contribution in [-0.2, 0) is 4.79 Å². The summed E-state index contributed by atoms with van der Waals surface area (Å²) in [6.07, 6.45) is -0.0724. The number of fused-ring (bicyclic) bond motifs is 2. The lowest BCUT2D eigenvalue weighted by Crippen LogP contribution is -2.16. The van der Waals surface area contributed by atoms with Crippen molar-refractivity contribution in [3.63, 3.8) is 0 Å². The number of aliphatic carboxylic acids is 1. The molecule has 0 unspecified atom stereocenters. The minimum Gasteiger partial charge on any atom is -0.481 e. The van der Waals surface area contributed by atoms with E-state index < -0.39 is 12.0 Å². The molecular weight excluding hydrogens is 262 g/mol. The Balaban J connectivity index is 2.42. The maximum atomic E-state index is 11.0. The Kier molecular flexibility index (Phi) is 3.35. The summed E-state index contributed by atoms with van der Waals surface area (Å²) in [4.78, 5) is 11.0. The first-order chi connectivity index (χ1) is 10.1. The largest absolute Gasteiger partial charge is 0.481 e. The van der Waals surface area contributed by atoms with Crippen molar-refractivity contribution in [2.24, 2.45) is 5.73 Å². The highest BCUT2D eigenvalue weighted by Gasteiger charge is 2.18. The molecule has 1 atom stereocenters. The lowest BCUT2D eigenvalue weighted by atomic mass is 9.88. The van der Waals surface area contributed by atoms with Crippen molar-refractivity contribution >= 4 is 27.5 Å². The number of rotatable bonds is 3. The van der Waals surface area contributed by atoms with Gasteiger partial charge in [0.1, 0.15) is 0 Å². The van der Waals surface area contributed by atoms with Gasteiger partial charge < -0.3 is 10.8 Å². The minimum atomic E-state index is -0.878. The molecule has 3 N–H and O–H groups in total. The summed E-state index contributed by atoms with van der Waals surface area (Å²) in [5.74, 6) is -0.878. The molecule has 0 saturated carbocycles. The summed E-state index contributed by atoms with van der Waals surface area (Å²) in [5.41, 5.74) is 8.32. The Hall–Kier alpha value is -2.39. The molecule has 0 bridgehead atoms. The predicted molar refractivity (Wildman–Crippen MR) is 85.4 cm³/mol. The van der Waals surface area contributed by atoms with Gasteiger partial charge in [0.15, 0.2) is 0 Å². The van der Waals surface area contributed by atoms with E-state index in [1.165, 1.54) is 5.56 Å². The summed E-state index contributed by atoms with van der Waals surface area (Å²) >= 11 is 0. The van der Waals surface area contributed by atoms with Crippen molar-refractivity contribution < 1.29 is 9.90 Å². The highest BCUT2D eigenvalue weighted by atomic mass is 16.4. The van der Waals surface area contributed by atoms with Gasteiger partial charge in [-0.25, -0.2) is 0 Å². The first-order valence-corrected chi connectivity index (χ1v) is 6.97. The Bertz CT molecular complexity index is 782. The van der Waals surface area contributed by atoms with Gasteiger partial charge in [-0.3, -0.25) is 4.79 Å². The SMILES string of the molecule is Cc1c2ccccc2c([C@H](N)CC(=O)O)c2ccccc12. The van der Waals surface area contributed by atoms with E-state index in [-0.39, 0.29) is 6.42 Å². The van der Waals surface area contributed by atoms with E-state index in [9.17, 15) is 4.79 Å². The first kappa shape index (κ1) is 13.6. The molecule has 0 saturated heterocycles. The van der Waals surface area contributed by atoms with Crippen molar-refractivity contribution in [3.05, 3.63) is 59.7 Å². The van der Waals surface area contributed by atoms with Crippen LogP contribution in [0.5, 0.6) is 0 Å². The molecule has 0 spiro atoms. The summed E-state index contributed by atoms with van der Waals surface area (Å²) in [5, 5.41) is 13.4. The van der Waals surface area contributed by atoms with Crippen LogP contribution in [0.2, 0.25) is 0 Å². The third-order valence-corrected chi connectivity index (χ3v) is 4.01. The molecule has 3 aromatic carbocycles. The zero-order valence-electron chi connectivity index (χ0n) is 11.8. The minimum absolute atomic E-state index is 0.0724. The van der Waals surface area contributed by atoms with Crippen molar-refractivity contribution in [1.29, 1.82) is 0 Å². The number of carboxylic acids is 1. The maximum absolute atomic E-state index is 11.0. The number of carboxylic acid groups (broad SMARTS) is 1. The molecule has 0 aliphatic rings. The Morgan fingerprint density at radius 2 is 1.43 bits per heavy atom. The highest BCUT2D eigenvalue weighted by molar-refractivity contribution is 6.06. The molecule has 3 nitrogen and oxygen atoms in total. The quantitative estimate of drug-likeness (QED) is 0.717. The van der Waals surface area contributed by atoms with Crippen molar-refractivity contribution in [2.75, 3.05) is 0 Å². The molecule has 0 radical (unpaired) electrons. The number of nitrogens with two attached hydrogens (primary N) is 1. The molecule has 3 rings (SSSR count). The summed E-state index contributed by atoms with van der Waals surface area (Å²) < 4.78 is 0. The zero-order chi connectivity index (χ0) is 15.0. The van der Waals surface area contributed by atoms with Crippen LogP contribution in [0.3, 0.4) is 0 Å². The van der Waals surface area contributed by atoms with Crippen molar-refractivity contribution in [2.45, 2.75) is 19.4 Å². The van der Waals surface area contributed by atoms with E-state index in [1.54, 1.807) is 0 Å². The monoisotopic (exact) mass is 279 g/mol. The Labute approximate surface area is 123 Å². The molecule has 0 aromatic heterocycles. The van der Waals surface area contributed by atoms with Gasteiger partial charge >= 0.3 is 5.97 Å². The highest BCUT2D eigenvalue weighted by Crippen LogP contribution is 2.35. The van der Waals surface area contributed by atoms with E-state index in [0.717, 1.165) is 27.1 Å². The van der Waals surface area contributed by atoms with Crippen LogP contribution in [0, 0.1) is 6.92 Å². The van der Waals surface area contributed by atoms with E-state index in [0.29, 0.717) is 0 Å². The van der Waals surface area contributed by atoms with Crippen LogP contribution in [0.1, 0.15) is 23.6 Å². The molecule has 3 aromatic rings. The van der Waals surface area contributed by atoms with Gasteiger partial charge in [-0.2, -0.15) is 0 Å². The van der Waals surface area contributed by atoms with Gasteiger partial charge in [0.2, 0.25) is 0 Å². The van der Waals surface area contributed by atoms with Crippen LogP contribution in [0.4, 0.5) is 0 Å². The van der Waals surface area contributed by atoms with Crippen molar-refractivity contribution in [1.82, 2.24) is 0 Å². The Morgan fingerprint density at radius 3 is 1.86 bits per heavy atom. The average Bonchev–Trinajstić information content (AvgIpc) is 2.47. The molecule has 0 aliphatic carbocycles. The second-order valence-electron chi connectivity index (χ2n) is 5.33. The molecule has 21 heavy (non-hydrogen) atoms. The number of benzene rings is 3. The molecule has 106 valence electrons. The topological polar surface area (TPSA) is 63.3 Å². The van der Waals surface area contributed by atoms with Gasteiger partial charge in [0.05, 0.1) is 6.42 Å². The first-order valence-electron chi connectivity index (χ1n) is 6.97. The third kappa shape index (κ3) is 2.26. The standard InChI is InChI=1S/C18H17NO2/c1-11-12-6-2-4-8-14(12)18(16(19)10-17(20)21)15-9-5-3-7-13(11)15/h2-9,16H,10,19H2,1H3,(H,20,21)/t16-/m1/s1. The molecule has 0 aliphatic heterocycles. The van der Waals surface area contributed by atoms with Gasteiger partial charge in [-0.05, 0) is 39.6 Å². The van der Waals surface area contributed by atoms with Crippen LogP contribution in [0.15, 0.2) is 48.5 Å². The van der Waals surface area contributed by atoms with Gasteiger partial charge in [0, 0.05) is 6.04 Å². The number of hydrogen-bond donors (Lipinski definition) is 2. The van der Waals surface area contributed by atoms with Crippen molar-refractivity contribution in [3.8, 4) is 0 Å². The second kappa shape index (κ2) is 5.19. The van der Waals surface area contributed by atoms with Gasteiger partial charge in [0.25, 0.3) is 0 Å². The van der Waals surface area contributed by atoms with Crippen LogP contribution >= 0.6 is 0 Å². The van der Waals surface area contributed by atoms with Crippen LogP contribution < -0.4 is 5.73 Å². The second-order valence-corrected chi connectivity index (χ2v) is 5.33. The molecule has 0 heterocycles. The number of hydrogen-bond acceptors (Lipinski definition) is 2. The lowest BCUT2D eigenvalue weighted by molar-refractivity contribution is -0.137. The smallest absolute Gasteiger partial charge is 0.305 e. The molecule has 3 heteroatoms. The summed E-state index contributed by atoms with van der Waals surface area (Å²) in [6.45, 7) is 2.09. The van der Waals surface area contributed by atoms with E-state index >= 15 is 0 Å². The fourth-order valence-electron chi connectivity index (χ4n) is 3.07. The normalized spacial score (nSPS) is 12.7. The van der Waals surface area contributed by atoms with Crippen LogP contribution in [-0.4, -0.2) is 11.1 Å². The summed E-state index contributed by atoms with van der Waals surface area (Å²) in [7, 11) is 0. The van der Waals surface area contributed by atoms with E-state index in [1.807, 2.05) is 36.4 Å². The van der Waals surface area contributed by atoms with Gasteiger partial charge in [-0.1, -0.05) is 48.5 Å². The third-order valence-electron chi connectivity index (χ3n) is 4.01. The lowest BCUT2D eigenvalue weighted by Gasteiger charge is -2.18. The number of carbonyl (C=O) groups is 1. The summed E-state index contributed by atoms with van der Waals surface area (Å²) in [6, 6.07) is 15.6. The van der Waals surface area contributed by atoms with Gasteiger partial charge in [-0.15, -0.1) is 0 Å². The average molecular weight is 279 g/mol. The Morgan fingerprint density at radius 1 is 1.00 bits per heavy atom. The van der Waals surface area contributed by atoms with E-state index in [4.69, 9.17) is 10.8 Å². The fraction of sp³-hybridized carbons (Fsp3) is 0.167. The van der Waals surface area contributed by atoms with E-state index in [2.05, 4.69) is 19.1 Å². The zero-order valence-corrected chi connectivity index (χ0v) is 11.8. The molecular formula is C18H17NO2. The molecule has 0 amide bonds. The fourth-order valence-corrected chi connectivity index (χ4v) is 3.07. The predicted octanol–water partition coefficient (Wildman–Crippen LogP) is 3.78.